The Morgan fingerprint density at radius 2 is 1.69 bits per heavy atom. The molecule has 29 heavy (non-hydrogen) atoms. The van der Waals surface area contributed by atoms with E-state index in [9.17, 15) is 13.2 Å². The Kier molecular flexibility index (Phi) is 7.89. The minimum absolute atomic E-state index is 0.102. The Hall–Kier alpha value is -2.75. The predicted octanol–water partition coefficient (Wildman–Crippen LogP) is 2.91. The average molecular weight is 434 g/mol. The van der Waals surface area contributed by atoms with E-state index in [1.807, 2.05) is 12.1 Å². The van der Waals surface area contributed by atoms with Crippen molar-refractivity contribution in [3.05, 3.63) is 60.2 Å². The number of amides is 1. The molecule has 2 aromatic carbocycles. The number of benzene rings is 2. The van der Waals surface area contributed by atoms with Gasteiger partial charge < -0.3 is 10.1 Å². The van der Waals surface area contributed by atoms with Crippen LogP contribution in [0.1, 0.15) is 19.4 Å². The zero-order valence-electron chi connectivity index (χ0n) is 16.3. The second-order valence-corrected chi connectivity index (χ2v) is 8.47. The molecule has 0 aliphatic rings. The highest BCUT2D eigenvalue weighted by Crippen LogP contribution is 2.15. The number of nitrogens with one attached hydrogen (secondary N) is 3. The van der Waals surface area contributed by atoms with Gasteiger partial charge in [0, 0.05) is 17.8 Å². The highest BCUT2D eigenvalue weighted by molar-refractivity contribution is 7.89. The smallest absolute Gasteiger partial charge is 0.250 e. The molecule has 0 fully saturated rings. The summed E-state index contributed by atoms with van der Waals surface area (Å²) in [5.41, 5.74) is 1.39. The van der Waals surface area contributed by atoms with Gasteiger partial charge in [-0.2, -0.15) is 0 Å². The van der Waals surface area contributed by atoms with Crippen molar-refractivity contribution in [3.8, 4) is 5.75 Å². The molecule has 0 aromatic heterocycles. The van der Waals surface area contributed by atoms with E-state index in [1.54, 1.807) is 51.3 Å². The van der Waals surface area contributed by atoms with Gasteiger partial charge >= 0.3 is 0 Å². The Bertz CT molecular complexity index is 983. The molecule has 2 aromatic rings. The summed E-state index contributed by atoms with van der Waals surface area (Å²) < 4.78 is 31.8. The highest BCUT2D eigenvalue weighted by atomic mass is 32.2. The highest BCUT2D eigenvalue weighted by Gasteiger charge is 2.15. The second kappa shape index (κ2) is 10.1. The van der Waals surface area contributed by atoms with Crippen LogP contribution in [0.25, 0.3) is 6.08 Å². The second-order valence-electron chi connectivity index (χ2n) is 6.35. The van der Waals surface area contributed by atoms with E-state index in [0.717, 1.165) is 11.3 Å². The minimum Gasteiger partial charge on any atom is -0.497 e. The van der Waals surface area contributed by atoms with Gasteiger partial charge in [0.15, 0.2) is 5.11 Å². The molecule has 9 heteroatoms. The minimum atomic E-state index is -3.56. The number of methoxy groups -OCH3 is 1. The van der Waals surface area contributed by atoms with Gasteiger partial charge in [-0.3, -0.25) is 10.1 Å². The third kappa shape index (κ3) is 7.30. The molecule has 0 saturated heterocycles. The van der Waals surface area contributed by atoms with Gasteiger partial charge in [-0.05, 0) is 74.1 Å². The number of carbonyl (C=O) groups excluding carboxylic acids is 1. The summed E-state index contributed by atoms with van der Waals surface area (Å²) in [7, 11) is -1.97. The van der Waals surface area contributed by atoms with Crippen molar-refractivity contribution in [1.29, 1.82) is 0 Å². The molecule has 7 nitrogen and oxygen atoms in total. The van der Waals surface area contributed by atoms with E-state index in [2.05, 4.69) is 15.4 Å². The average Bonchev–Trinajstić information content (AvgIpc) is 2.66. The summed E-state index contributed by atoms with van der Waals surface area (Å²) in [4.78, 5) is 12.1. The molecule has 0 radical (unpaired) electrons. The van der Waals surface area contributed by atoms with Gasteiger partial charge in [-0.25, -0.2) is 13.1 Å². The fourth-order valence-electron chi connectivity index (χ4n) is 2.30. The lowest BCUT2D eigenvalue weighted by Crippen LogP contribution is -2.33. The third-order valence-corrected chi connectivity index (χ3v) is 5.47. The van der Waals surface area contributed by atoms with Crippen LogP contribution in [-0.2, 0) is 14.8 Å². The number of hydrogen-bond acceptors (Lipinski definition) is 5. The first-order valence-corrected chi connectivity index (χ1v) is 10.7. The molecule has 0 aliphatic carbocycles. The summed E-state index contributed by atoms with van der Waals surface area (Å²) in [6.45, 7) is 3.50. The van der Waals surface area contributed by atoms with Crippen molar-refractivity contribution >= 4 is 45.0 Å². The lowest BCUT2D eigenvalue weighted by molar-refractivity contribution is -0.115. The molecule has 0 aliphatic heterocycles. The van der Waals surface area contributed by atoms with Crippen molar-refractivity contribution in [2.75, 3.05) is 12.4 Å². The normalized spacial score (nSPS) is 11.4. The first kappa shape index (κ1) is 22.5. The van der Waals surface area contributed by atoms with E-state index >= 15 is 0 Å². The quantitative estimate of drug-likeness (QED) is 0.459. The van der Waals surface area contributed by atoms with Gasteiger partial charge in [0.25, 0.3) is 0 Å². The van der Waals surface area contributed by atoms with Crippen LogP contribution in [-0.4, -0.2) is 32.6 Å². The van der Waals surface area contributed by atoms with E-state index in [-0.39, 0.29) is 16.0 Å². The number of rotatable bonds is 7. The van der Waals surface area contributed by atoms with E-state index < -0.39 is 15.9 Å². The number of carbonyl (C=O) groups is 1. The maximum absolute atomic E-state index is 12.1. The van der Waals surface area contributed by atoms with Crippen LogP contribution < -0.4 is 20.1 Å². The number of hydrogen-bond donors (Lipinski definition) is 3. The van der Waals surface area contributed by atoms with Gasteiger partial charge in [0.2, 0.25) is 15.9 Å². The van der Waals surface area contributed by atoms with Crippen LogP contribution in [0.2, 0.25) is 0 Å². The van der Waals surface area contributed by atoms with Crippen LogP contribution in [0.3, 0.4) is 0 Å². The summed E-state index contributed by atoms with van der Waals surface area (Å²) in [5.74, 6) is 0.342. The zero-order chi connectivity index (χ0) is 21.4. The van der Waals surface area contributed by atoms with Crippen molar-refractivity contribution in [2.24, 2.45) is 0 Å². The summed E-state index contributed by atoms with van der Waals surface area (Å²) >= 11 is 5.12. The summed E-state index contributed by atoms with van der Waals surface area (Å²) in [5, 5.41) is 5.47. The molecule has 0 atom stereocenters. The molecule has 0 unspecified atom stereocenters. The van der Waals surface area contributed by atoms with E-state index in [1.165, 1.54) is 18.2 Å². The fourth-order valence-corrected chi connectivity index (χ4v) is 3.77. The summed E-state index contributed by atoms with van der Waals surface area (Å²) in [6.07, 6.45) is 3.02. The lowest BCUT2D eigenvalue weighted by atomic mass is 10.2. The first-order valence-electron chi connectivity index (χ1n) is 8.76. The number of thiocarbonyl (C=S) groups is 1. The van der Waals surface area contributed by atoms with E-state index in [0.29, 0.717) is 5.69 Å². The van der Waals surface area contributed by atoms with Gasteiger partial charge in [-0.15, -0.1) is 0 Å². The number of anilines is 1. The Balaban J connectivity index is 1.91. The Morgan fingerprint density at radius 1 is 1.07 bits per heavy atom. The Labute approximate surface area is 176 Å². The van der Waals surface area contributed by atoms with Gasteiger partial charge in [0.1, 0.15) is 5.75 Å². The molecular formula is C20H23N3O4S2. The molecule has 3 N–H and O–H groups in total. The van der Waals surface area contributed by atoms with Gasteiger partial charge in [0.05, 0.1) is 12.0 Å². The van der Waals surface area contributed by atoms with Crippen LogP contribution in [0.15, 0.2) is 59.5 Å². The molecule has 0 bridgehead atoms. The maximum atomic E-state index is 12.1. The lowest BCUT2D eigenvalue weighted by Gasteiger charge is -2.11. The van der Waals surface area contributed by atoms with Gasteiger partial charge in [-0.1, -0.05) is 12.1 Å². The predicted molar refractivity (Wildman–Crippen MR) is 118 cm³/mol. The van der Waals surface area contributed by atoms with Crippen LogP contribution in [0.4, 0.5) is 5.69 Å². The van der Waals surface area contributed by atoms with Crippen LogP contribution in [0.5, 0.6) is 5.75 Å². The summed E-state index contributed by atoms with van der Waals surface area (Å²) in [6, 6.07) is 13.1. The standard InChI is InChI=1S/C20H23N3O4S2/c1-14(2)23-29(25,26)18-11-7-16(8-12-18)21-20(28)22-19(24)13-6-15-4-9-17(27-3)10-5-15/h4-14,23H,1-3H3,(H2,21,22,24,28)/b13-6+. The molecule has 0 spiro atoms. The number of sulfonamides is 1. The number of ether oxygens (including phenoxy) is 1. The molecule has 0 saturated carbocycles. The maximum Gasteiger partial charge on any atom is 0.250 e. The molecular weight excluding hydrogens is 410 g/mol. The van der Waals surface area contributed by atoms with Crippen molar-refractivity contribution in [2.45, 2.75) is 24.8 Å². The molecule has 1 amide bonds. The third-order valence-electron chi connectivity index (χ3n) is 3.59. The van der Waals surface area contributed by atoms with Crippen LogP contribution >= 0.6 is 12.2 Å². The SMILES string of the molecule is COc1ccc(/C=C/C(=O)NC(=S)Nc2ccc(S(=O)(=O)NC(C)C)cc2)cc1. The largest absolute Gasteiger partial charge is 0.497 e. The zero-order valence-corrected chi connectivity index (χ0v) is 17.9. The topological polar surface area (TPSA) is 96.5 Å². The molecule has 154 valence electrons. The fraction of sp³-hybridized carbons (Fsp3) is 0.200. The van der Waals surface area contributed by atoms with E-state index in [4.69, 9.17) is 17.0 Å². The molecule has 0 heterocycles. The van der Waals surface area contributed by atoms with Crippen molar-refractivity contribution in [1.82, 2.24) is 10.0 Å². The van der Waals surface area contributed by atoms with Crippen molar-refractivity contribution < 1.29 is 17.9 Å². The molecule has 2 rings (SSSR count). The first-order chi connectivity index (χ1) is 13.7. The van der Waals surface area contributed by atoms with Crippen molar-refractivity contribution in [3.63, 3.8) is 0 Å². The monoisotopic (exact) mass is 433 g/mol. The van der Waals surface area contributed by atoms with Crippen LogP contribution in [0, 0.1) is 0 Å². The Morgan fingerprint density at radius 3 is 2.24 bits per heavy atom.